The van der Waals surface area contributed by atoms with Gasteiger partial charge in [0.15, 0.2) is 0 Å². The molecule has 0 saturated carbocycles. The molecule has 2 heterocycles. The van der Waals surface area contributed by atoms with Crippen molar-refractivity contribution in [2.24, 2.45) is 0 Å². The van der Waals surface area contributed by atoms with Crippen molar-refractivity contribution in [3.63, 3.8) is 0 Å². The number of rotatable bonds is 6. The molecule has 0 aromatic carbocycles. The average Bonchev–Trinajstić information content (AvgIpc) is 2.48. The molecule has 0 spiro atoms. The predicted molar refractivity (Wildman–Crippen MR) is 80.3 cm³/mol. The molecule has 2 aromatic rings. The van der Waals surface area contributed by atoms with E-state index in [0.29, 0.717) is 0 Å². The van der Waals surface area contributed by atoms with Crippen molar-refractivity contribution >= 4 is 5.69 Å². The summed E-state index contributed by atoms with van der Waals surface area (Å²) in [7, 11) is 0. The lowest BCUT2D eigenvalue weighted by Gasteiger charge is -2.25. The number of hydrogen-bond acceptors (Lipinski definition) is 3. The minimum atomic E-state index is 1.05. The summed E-state index contributed by atoms with van der Waals surface area (Å²) in [5.74, 6) is 0. The summed E-state index contributed by atoms with van der Waals surface area (Å²) < 4.78 is 0. The first-order valence-electron chi connectivity index (χ1n) is 6.97. The molecule has 100 valence electrons. The smallest absolute Gasteiger partial charge is 0.0936 e. The van der Waals surface area contributed by atoms with Gasteiger partial charge in [0.05, 0.1) is 11.4 Å². The molecule has 19 heavy (non-hydrogen) atoms. The molecule has 3 nitrogen and oxygen atoms in total. The standard InChI is InChI=1S/C16H21N3/c1-3-12-19(13-4-2)15-6-5-9-18-16(15)14-7-10-17-11-8-14/h5-11H,3-4,12-13H2,1-2H3. The van der Waals surface area contributed by atoms with Gasteiger partial charge in [0.2, 0.25) is 0 Å². The number of pyridine rings is 2. The van der Waals surface area contributed by atoms with E-state index < -0.39 is 0 Å². The molecule has 0 fully saturated rings. The lowest BCUT2D eigenvalue weighted by molar-refractivity contribution is 0.744. The third-order valence-corrected chi connectivity index (χ3v) is 3.07. The second kappa shape index (κ2) is 6.88. The third kappa shape index (κ3) is 3.31. The third-order valence-electron chi connectivity index (χ3n) is 3.07. The second-order valence-corrected chi connectivity index (χ2v) is 4.59. The zero-order valence-electron chi connectivity index (χ0n) is 11.7. The van der Waals surface area contributed by atoms with Crippen LogP contribution in [0.1, 0.15) is 26.7 Å². The first kappa shape index (κ1) is 13.5. The van der Waals surface area contributed by atoms with E-state index in [9.17, 15) is 0 Å². The van der Waals surface area contributed by atoms with Crippen LogP contribution in [-0.2, 0) is 0 Å². The summed E-state index contributed by atoms with van der Waals surface area (Å²) >= 11 is 0. The van der Waals surface area contributed by atoms with Crippen LogP contribution in [0.3, 0.4) is 0 Å². The van der Waals surface area contributed by atoms with Crippen LogP contribution in [0.25, 0.3) is 11.3 Å². The van der Waals surface area contributed by atoms with Gasteiger partial charge in [-0.1, -0.05) is 13.8 Å². The molecule has 0 saturated heterocycles. The monoisotopic (exact) mass is 255 g/mol. The number of hydrogen-bond donors (Lipinski definition) is 0. The molecular formula is C16H21N3. The summed E-state index contributed by atoms with van der Waals surface area (Å²) in [5, 5.41) is 0. The number of nitrogens with zero attached hydrogens (tertiary/aromatic N) is 3. The normalized spacial score (nSPS) is 10.4. The van der Waals surface area contributed by atoms with E-state index in [0.717, 1.165) is 37.2 Å². The Morgan fingerprint density at radius 1 is 0.947 bits per heavy atom. The molecule has 0 aliphatic rings. The van der Waals surface area contributed by atoms with Gasteiger partial charge in [-0.15, -0.1) is 0 Å². The largest absolute Gasteiger partial charge is 0.370 e. The van der Waals surface area contributed by atoms with Crippen LogP contribution in [0.2, 0.25) is 0 Å². The summed E-state index contributed by atoms with van der Waals surface area (Å²) in [4.78, 5) is 11.1. The quantitative estimate of drug-likeness (QED) is 0.786. The maximum atomic E-state index is 4.56. The Balaban J connectivity index is 2.40. The summed E-state index contributed by atoms with van der Waals surface area (Å²) in [6.45, 7) is 6.56. The predicted octanol–water partition coefficient (Wildman–Crippen LogP) is 3.77. The fraction of sp³-hybridized carbons (Fsp3) is 0.375. The van der Waals surface area contributed by atoms with Crippen LogP contribution in [0.4, 0.5) is 5.69 Å². The molecule has 2 rings (SSSR count). The van der Waals surface area contributed by atoms with Crippen molar-refractivity contribution in [1.29, 1.82) is 0 Å². The maximum Gasteiger partial charge on any atom is 0.0936 e. The van der Waals surface area contributed by atoms with Gasteiger partial charge in [0.25, 0.3) is 0 Å². The van der Waals surface area contributed by atoms with Crippen LogP contribution < -0.4 is 4.90 Å². The molecule has 0 bridgehead atoms. The lowest BCUT2D eigenvalue weighted by atomic mass is 10.1. The lowest BCUT2D eigenvalue weighted by Crippen LogP contribution is -2.25. The summed E-state index contributed by atoms with van der Waals surface area (Å²) in [6, 6.07) is 8.20. The van der Waals surface area contributed by atoms with Crippen molar-refractivity contribution in [2.45, 2.75) is 26.7 Å². The van der Waals surface area contributed by atoms with Crippen molar-refractivity contribution in [2.75, 3.05) is 18.0 Å². The van der Waals surface area contributed by atoms with E-state index >= 15 is 0 Å². The zero-order chi connectivity index (χ0) is 13.5. The highest BCUT2D eigenvalue weighted by Gasteiger charge is 2.12. The van der Waals surface area contributed by atoms with Crippen LogP contribution in [0.15, 0.2) is 42.9 Å². The molecular weight excluding hydrogens is 234 g/mol. The Morgan fingerprint density at radius 3 is 2.26 bits per heavy atom. The van der Waals surface area contributed by atoms with Crippen molar-refractivity contribution in [1.82, 2.24) is 9.97 Å². The minimum absolute atomic E-state index is 1.05. The molecule has 2 aromatic heterocycles. The van der Waals surface area contributed by atoms with Gasteiger partial charge in [-0.25, -0.2) is 0 Å². The summed E-state index contributed by atoms with van der Waals surface area (Å²) in [5.41, 5.74) is 3.40. The van der Waals surface area contributed by atoms with Gasteiger partial charge in [0.1, 0.15) is 0 Å². The minimum Gasteiger partial charge on any atom is -0.370 e. The number of aromatic nitrogens is 2. The average molecular weight is 255 g/mol. The Labute approximate surface area is 115 Å². The van der Waals surface area contributed by atoms with Crippen LogP contribution in [0, 0.1) is 0 Å². The van der Waals surface area contributed by atoms with E-state index in [1.807, 2.05) is 36.8 Å². The Hall–Kier alpha value is -1.90. The first-order valence-corrected chi connectivity index (χ1v) is 6.97. The molecule has 0 aliphatic carbocycles. The van der Waals surface area contributed by atoms with E-state index in [-0.39, 0.29) is 0 Å². The van der Waals surface area contributed by atoms with Gasteiger partial charge in [-0.2, -0.15) is 0 Å². The van der Waals surface area contributed by atoms with E-state index in [1.54, 1.807) is 0 Å². The first-order chi connectivity index (χ1) is 9.36. The van der Waals surface area contributed by atoms with Crippen molar-refractivity contribution < 1.29 is 0 Å². The topological polar surface area (TPSA) is 29.0 Å². The van der Waals surface area contributed by atoms with E-state index in [1.165, 1.54) is 5.69 Å². The van der Waals surface area contributed by atoms with Gasteiger partial charge in [0, 0.05) is 37.2 Å². The van der Waals surface area contributed by atoms with Crippen molar-refractivity contribution in [3.8, 4) is 11.3 Å². The highest BCUT2D eigenvalue weighted by atomic mass is 15.1. The van der Waals surface area contributed by atoms with Gasteiger partial charge < -0.3 is 4.90 Å². The van der Waals surface area contributed by atoms with Gasteiger partial charge >= 0.3 is 0 Å². The molecule has 3 heteroatoms. The summed E-state index contributed by atoms with van der Waals surface area (Å²) in [6.07, 6.45) is 7.78. The molecule has 0 atom stereocenters. The molecule has 0 N–H and O–H groups in total. The highest BCUT2D eigenvalue weighted by Crippen LogP contribution is 2.28. The molecule has 0 radical (unpaired) electrons. The second-order valence-electron chi connectivity index (χ2n) is 4.59. The fourth-order valence-electron chi connectivity index (χ4n) is 2.28. The maximum absolute atomic E-state index is 4.56. The molecule has 0 aliphatic heterocycles. The van der Waals surface area contributed by atoms with Gasteiger partial charge in [-0.3, -0.25) is 9.97 Å². The molecule has 0 unspecified atom stereocenters. The van der Waals surface area contributed by atoms with Gasteiger partial charge in [-0.05, 0) is 37.1 Å². The van der Waals surface area contributed by atoms with Crippen molar-refractivity contribution in [3.05, 3.63) is 42.9 Å². The number of anilines is 1. The van der Waals surface area contributed by atoms with Crippen LogP contribution >= 0.6 is 0 Å². The Kier molecular flexibility index (Phi) is 4.90. The highest BCUT2D eigenvalue weighted by molar-refractivity contribution is 5.74. The Morgan fingerprint density at radius 2 is 1.63 bits per heavy atom. The fourth-order valence-corrected chi connectivity index (χ4v) is 2.28. The zero-order valence-corrected chi connectivity index (χ0v) is 11.7. The van der Waals surface area contributed by atoms with E-state index in [2.05, 4.69) is 34.8 Å². The van der Waals surface area contributed by atoms with Crippen LogP contribution in [-0.4, -0.2) is 23.1 Å². The van der Waals surface area contributed by atoms with Crippen LogP contribution in [0.5, 0.6) is 0 Å². The van der Waals surface area contributed by atoms with E-state index in [4.69, 9.17) is 0 Å². The molecule has 0 amide bonds. The Bertz CT molecular complexity index is 490. The SMILES string of the molecule is CCCN(CCC)c1cccnc1-c1ccncc1.